The largest absolute Gasteiger partial charge is 0.497 e. The second-order valence-electron chi connectivity index (χ2n) is 5.33. The molecule has 0 aliphatic carbocycles. The normalized spacial score (nSPS) is 10.8. The molecule has 0 radical (unpaired) electrons. The van der Waals surface area contributed by atoms with Gasteiger partial charge in [0.15, 0.2) is 6.61 Å². The van der Waals surface area contributed by atoms with Crippen molar-refractivity contribution in [1.82, 2.24) is 5.43 Å². The first kappa shape index (κ1) is 16.5. The second kappa shape index (κ2) is 7.97. The van der Waals surface area contributed by atoms with Crippen molar-refractivity contribution in [3.05, 3.63) is 72.3 Å². The van der Waals surface area contributed by atoms with Gasteiger partial charge in [-0.05, 0) is 41.3 Å². The van der Waals surface area contributed by atoms with E-state index in [1.165, 1.54) is 0 Å². The lowest BCUT2D eigenvalue weighted by Gasteiger charge is -2.08. The van der Waals surface area contributed by atoms with Crippen LogP contribution < -0.4 is 14.9 Å². The van der Waals surface area contributed by atoms with Crippen molar-refractivity contribution in [2.45, 2.75) is 0 Å². The third-order valence-corrected chi connectivity index (χ3v) is 3.63. The number of nitrogens with zero attached hydrogens (tertiary/aromatic N) is 1. The molecule has 0 aromatic heterocycles. The number of carbonyl (C=O) groups is 1. The van der Waals surface area contributed by atoms with E-state index in [4.69, 9.17) is 9.47 Å². The van der Waals surface area contributed by atoms with Crippen molar-refractivity contribution in [3.8, 4) is 11.5 Å². The zero-order chi connectivity index (χ0) is 17.5. The zero-order valence-electron chi connectivity index (χ0n) is 13.8. The molecule has 1 amide bonds. The predicted molar refractivity (Wildman–Crippen MR) is 98.2 cm³/mol. The van der Waals surface area contributed by atoms with E-state index in [2.05, 4.69) is 10.5 Å². The summed E-state index contributed by atoms with van der Waals surface area (Å²) in [6.07, 6.45) is 1.56. The van der Waals surface area contributed by atoms with Crippen LogP contribution >= 0.6 is 0 Å². The number of hydrogen-bond donors (Lipinski definition) is 1. The number of methoxy groups -OCH3 is 1. The summed E-state index contributed by atoms with van der Waals surface area (Å²) in [5.41, 5.74) is 3.31. The van der Waals surface area contributed by atoms with Gasteiger partial charge in [0.2, 0.25) is 0 Å². The topological polar surface area (TPSA) is 59.9 Å². The van der Waals surface area contributed by atoms with Gasteiger partial charge < -0.3 is 9.47 Å². The van der Waals surface area contributed by atoms with Crippen LogP contribution in [0.25, 0.3) is 10.8 Å². The second-order valence-corrected chi connectivity index (χ2v) is 5.33. The van der Waals surface area contributed by atoms with E-state index in [9.17, 15) is 4.79 Å². The molecule has 0 aliphatic heterocycles. The molecule has 0 aliphatic rings. The molecule has 5 nitrogen and oxygen atoms in total. The molecular weight excluding hydrogens is 316 g/mol. The molecule has 0 fully saturated rings. The predicted octanol–water partition coefficient (Wildman–Crippen LogP) is 3.38. The van der Waals surface area contributed by atoms with Crippen molar-refractivity contribution in [3.63, 3.8) is 0 Å². The first-order valence-corrected chi connectivity index (χ1v) is 7.83. The maximum absolute atomic E-state index is 11.9. The minimum Gasteiger partial charge on any atom is -0.497 e. The Hall–Kier alpha value is -3.34. The van der Waals surface area contributed by atoms with Crippen LogP contribution in [0.3, 0.4) is 0 Å². The van der Waals surface area contributed by atoms with Crippen LogP contribution in [0.15, 0.2) is 71.8 Å². The quantitative estimate of drug-likeness (QED) is 0.555. The van der Waals surface area contributed by atoms with Gasteiger partial charge >= 0.3 is 0 Å². The van der Waals surface area contributed by atoms with Crippen LogP contribution in [-0.4, -0.2) is 25.8 Å². The van der Waals surface area contributed by atoms with Gasteiger partial charge in [-0.3, -0.25) is 4.79 Å². The van der Waals surface area contributed by atoms with E-state index in [1.807, 2.05) is 66.7 Å². The van der Waals surface area contributed by atoms with Gasteiger partial charge in [-0.25, -0.2) is 5.43 Å². The van der Waals surface area contributed by atoms with Crippen LogP contribution in [0.4, 0.5) is 0 Å². The molecule has 3 aromatic carbocycles. The van der Waals surface area contributed by atoms with Crippen LogP contribution in [-0.2, 0) is 4.79 Å². The molecule has 3 aromatic rings. The van der Waals surface area contributed by atoms with Gasteiger partial charge in [0, 0.05) is 5.39 Å². The fourth-order valence-corrected chi connectivity index (χ4v) is 2.37. The Kier molecular flexibility index (Phi) is 5.26. The number of amides is 1. The number of hydrogen-bond acceptors (Lipinski definition) is 4. The minimum atomic E-state index is -0.322. The highest BCUT2D eigenvalue weighted by atomic mass is 16.5. The number of fused-ring (bicyclic) bond motifs is 1. The Morgan fingerprint density at radius 3 is 2.60 bits per heavy atom. The highest BCUT2D eigenvalue weighted by Gasteiger charge is 2.04. The maximum atomic E-state index is 11.9. The van der Waals surface area contributed by atoms with Crippen LogP contribution in [0.5, 0.6) is 11.5 Å². The maximum Gasteiger partial charge on any atom is 0.277 e. The molecule has 126 valence electrons. The van der Waals surface area contributed by atoms with E-state index in [0.717, 1.165) is 22.1 Å². The first-order chi connectivity index (χ1) is 12.3. The molecule has 1 N–H and O–H groups in total. The summed E-state index contributed by atoms with van der Waals surface area (Å²) in [5, 5.41) is 5.97. The Balaban J connectivity index is 1.54. The monoisotopic (exact) mass is 334 g/mol. The van der Waals surface area contributed by atoms with Gasteiger partial charge in [-0.2, -0.15) is 5.10 Å². The summed E-state index contributed by atoms with van der Waals surface area (Å²) in [4.78, 5) is 11.9. The molecule has 0 heterocycles. The summed E-state index contributed by atoms with van der Waals surface area (Å²) in [6, 6.07) is 21.0. The SMILES string of the molecule is COc1ccc(/C=N/NC(=O)COc2cccc3ccccc23)cc1. The van der Waals surface area contributed by atoms with Gasteiger partial charge in [-0.1, -0.05) is 36.4 Å². The Morgan fingerprint density at radius 1 is 1.04 bits per heavy atom. The molecule has 0 unspecified atom stereocenters. The third-order valence-electron chi connectivity index (χ3n) is 3.63. The number of rotatable bonds is 6. The minimum absolute atomic E-state index is 0.103. The Morgan fingerprint density at radius 2 is 1.80 bits per heavy atom. The molecule has 5 heteroatoms. The van der Waals surface area contributed by atoms with E-state index in [0.29, 0.717) is 5.75 Å². The van der Waals surface area contributed by atoms with Crippen molar-refractivity contribution in [2.24, 2.45) is 5.10 Å². The average molecular weight is 334 g/mol. The molecule has 0 bridgehead atoms. The molecule has 0 saturated carbocycles. The highest BCUT2D eigenvalue weighted by molar-refractivity contribution is 5.89. The van der Waals surface area contributed by atoms with E-state index in [-0.39, 0.29) is 12.5 Å². The number of hydrazone groups is 1. The summed E-state index contributed by atoms with van der Waals surface area (Å²) in [5.74, 6) is 1.12. The fraction of sp³-hybridized carbons (Fsp3) is 0.100. The van der Waals surface area contributed by atoms with Crippen molar-refractivity contribution in [1.29, 1.82) is 0 Å². The lowest BCUT2D eigenvalue weighted by Crippen LogP contribution is -2.24. The molecule has 25 heavy (non-hydrogen) atoms. The summed E-state index contributed by atoms with van der Waals surface area (Å²) in [6.45, 7) is -0.103. The molecule has 0 atom stereocenters. The van der Waals surface area contributed by atoms with E-state index >= 15 is 0 Å². The van der Waals surface area contributed by atoms with Crippen LogP contribution in [0.1, 0.15) is 5.56 Å². The smallest absolute Gasteiger partial charge is 0.277 e. The molecular formula is C20H18N2O3. The third kappa shape index (κ3) is 4.35. The number of nitrogens with one attached hydrogen (secondary N) is 1. The van der Waals surface area contributed by atoms with Crippen molar-refractivity contribution < 1.29 is 14.3 Å². The lowest BCUT2D eigenvalue weighted by molar-refractivity contribution is -0.123. The van der Waals surface area contributed by atoms with Crippen LogP contribution in [0, 0.1) is 0 Å². The summed E-state index contributed by atoms with van der Waals surface area (Å²) < 4.78 is 10.7. The standard InChI is InChI=1S/C20H18N2O3/c1-24-17-11-9-15(10-12-17)13-21-22-20(23)14-25-19-8-4-6-16-5-2-3-7-18(16)19/h2-13H,14H2,1H3,(H,22,23)/b21-13+. The van der Waals surface area contributed by atoms with Gasteiger partial charge in [0.05, 0.1) is 13.3 Å². The Bertz CT molecular complexity index is 884. The van der Waals surface area contributed by atoms with E-state index < -0.39 is 0 Å². The lowest BCUT2D eigenvalue weighted by atomic mass is 10.1. The fourth-order valence-electron chi connectivity index (χ4n) is 2.37. The van der Waals surface area contributed by atoms with E-state index in [1.54, 1.807) is 13.3 Å². The summed E-state index contributed by atoms with van der Waals surface area (Å²) >= 11 is 0. The summed E-state index contributed by atoms with van der Waals surface area (Å²) in [7, 11) is 1.61. The number of benzene rings is 3. The average Bonchev–Trinajstić information content (AvgIpc) is 2.67. The van der Waals surface area contributed by atoms with Crippen molar-refractivity contribution in [2.75, 3.05) is 13.7 Å². The first-order valence-electron chi connectivity index (χ1n) is 7.83. The van der Waals surface area contributed by atoms with Crippen molar-refractivity contribution >= 4 is 22.9 Å². The molecule has 0 spiro atoms. The van der Waals surface area contributed by atoms with Gasteiger partial charge in [-0.15, -0.1) is 0 Å². The molecule has 3 rings (SSSR count). The molecule has 0 saturated heterocycles. The van der Waals surface area contributed by atoms with Crippen LogP contribution in [0.2, 0.25) is 0 Å². The Labute approximate surface area is 145 Å². The van der Waals surface area contributed by atoms with Gasteiger partial charge in [0.1, 0.15) is 11.5 Å². The number of carbonyl (C=O) groups excluding carboxylic acids is 1. The number of ether oxygens (including phenoxy) is 2. The zero-order valence-corrected chi connectivity index (χ0v) is 13.8. The highest BCUT2D eigenvalue weighted by Crippen LogP contribution is 2.24. The van der Waals surface area contributed by atoms with Gasteiger partial charge in [0.25, 0.3) is 5.91 Å².